The van der Waals surface area contributed by atoms with E-state index in [-0.39, 0.29) is 5.91 Å². The van der Waals surface area contributed by atoms with Gasteiger partial charge in [0, 0.05) is 36.6 Å². The number of hydrogen-bond donors (Lipinski definition) is 1. The summed E-state index contributed by atoms with van der Waals surface area (Å²) in [5, 5.41) is 6.12. The van der Waals surface area contributed by atoms with Crippen LogP contribution in [-0.4, -0.2) is 48.1 Å². The van der Waals surface area contributed by atoms with E-state index in [1.165, 1.54) is 18.4 Å². The van der Waals surface area contributed by atoms with Gasteiger partial charge in [-0.15, -0.1) is 11.3 Å². The van der Waals surface area contributed by atoms with Crippen LogP contribution in [0.2, 0.25) is 0 Å². The van der Waals surface area contributed by atoms with Crippen LogP contribution < -0.4 is 5.32 Å². The highest BCUT2D eigenvalue weighted by Crippen LogP contribution is 2.25. The van der Waals surface area contributed by atoms with E-state index in [0.717, 1.165) is 62.0 Å². The van der Waals surface area contributed by atoms with Gasteiger partial charge in [-0.3, -0.25) is 9.69 Å². The van der Waals surface area contributed by atoms with E-state index < -0.39 is 0 Å². The molecule has 1 N–H and O–H groups in total. The quantitative estimate of drug-likeness (QED) is 0.829. The van der Waals surface area contributed by atoms with Gasteiger partial charge in [-0.05, 0) is 18.4 Å². The van der Waals surface area contributed by atoms with Gasteiger partial charge in [0.1, 0.15) is 5.01 Å². The summed E-state index contributed by atoms with van der Waals surface area (Å²) in [7, 11) is 0. The minimum Gasteiger partial charge on any atom is -0.379 e. The van der Waals surface area contributed by atoms with Gasteiger partial charge >= 0.3 is 0 Å². The van der Waals surface area contributed by atoms with Gasteiger partial charge < -0.3 is 10.1 Å². The Hall–Kier alpha value is -1.76. The van der Waals surface area contributed by atoms with Crippen LogP contribution >= 0.6 is 11.3 Å². The maximum Gasteiger partial charge on any atom is 0.226 e. The number of rotatable bonds is 6. The summed E-state index contributed by atoms with van der Waals surface area (Å²) in [5.74, 6) is 0.0969. The molecule has 0 radical (unpaired) electrons. The number of hydrogen-bond acceptors (Lipinski definition) is 5. The maximum absolute atomic E-state index is 12.2. The Kier molecular flexibility index (Phi) is 6.17. The first-order valence-corrected chi connectivity index (χ1v) is 10.8. The molecule has 4 rings (SSSR count). The second kappa shape index (κ2) is 8.95. The topological polar surface area (TPSA) is 54.5 Å². The number of thiazole rings is 1. The summed E-state index contributed by atoms with van der Waals surface area (Å²) in [6.07, 6.45) is 5.07. The summed E-state index contributed by atoms with van der Waals surface area (Å²) in [6, 6.07) is 9.00. The van der Waals surface area contributed by atoms with E-state index in [1.54, 1.807) is 11.3 Å². The van der Waals surface area contributed by atoms with Crippen molar-refractivity contribution in [2.24, 2.45) is 0 Å². The Balaban J connectivity index is 1.32. The number of amides is 1. The number of morpholine rings is 1. The number of nitrogens with zero attached hydrogens (tertiary/aromatic N) is 2. The Morgan fingerprint density at radius 1 is 1.19 bits per heavy atom. The predicted octanol–water partition coefficient (Wildman–Crippen LogP) is 3.24. The molecule has 0 spiro atoms. The lowest BCUT2D eigenvalue weighted by Gasteiger charge is -2.26. The molecule has 144 valence electrons. The van der Waals surface area contributed by atoms with E-state index in [1.807, 2.05) is 5.38 Å². The Labute approximate surface area is 164 Å². The van der Waals surface area contributed by atoms with Gasteiger partial charge in [0.05, 0.1) is 25.3 Å². The number of ether oxygens (including phenoxy) is 1. The number of benzene rings is 1. The zero-order valence-corrected chi connectivity index (χ0v) is 16.5. The molecule has 1 aromatic carbocycles. The van der Waals surface area contributed by atoms with Gasteiger partial charge in [0.25, 0.3) is 0 Å². The van der Waals surface area contributed by atoms with Gasteiger partial charge in [-0.1, -0.05) is 37.1 Å². The highest BCUT2D eigenvalue weighted by Gasteiger charge is 2.18. The lowest BCUT2D eigenvalue weighted by atomic mass is 10.1. The first-order valence-electron chi connectivity index (χ1n) is 9.89. The molecular formula is C21H27N3O2S. The van der Waals surface area contributed by atoms with Crippen molar-refractivity contribution in [1.29, 1.82) is 0 Å². The highest BCUT2D eigenvalue weighted by atomic mass is 32.1. The molecule has 1 aliphatic heterocycles. The molecule has 2 fully saturated rings. The van der Waals surface area contributed by atoms with E-state index in [9.17, 15) is 4.79 Å². The third kappa shape index (κ3) is 5.15. The highest BCUT2D eigenvalue weighted by molar-refractivity contribution is 7.13. The smallest absolute Gasteiger partial charge is 0.226 e. The van der Waals surface area contributed by atoms with Gasteiger partial charge in [-0.25, -0.2) is 4.98 Å². The maximum atomic E-state index is 12.2. The minimum atomic E-state index is 0.0969. The van der Waals surface area contributed by atoms with Crippen molar-refractivity contribution in [2.75, 3.05) is 26.3 Å². The normalized spacial score (nSPS) is 18.7. The molecule has 1 amide bonds. The monoisotopic (exact) mass is 385 g/mol. The molecule has 0 atom stereocenters. The molecule has 5 nitrogen and oxygen atoms in total. The van der Waals surface area contributed by atoms with Crippen LogP contribution in [0.5, 0.6) is 0 Å². The fraction of sp³-hybridized carbons (Fsp3) is 0.524. The Morgan fingerprint density at radius 3 is 2.67 bits per heavy atom. The van der Waals surface area contributed by atoms with E-state index in [2.05, 4.69) is 39.5 Å². The number of nitrogens with one attached hydrogen (secondary N) is 1. The van der Waals surface area contributed by atoms with Crippen LogP contribution in [0, 0.1) is 0 Å². The summed E-state index contributed by atoms with van der Waals surface area (Å²) >= 11 is 1.61. The van der Waals surface area contributed by atoms with Gasteiger partial charge in [0.15, 0.2) is 0 Å². The largest absolute Gasteiger partial charge is 0.379 e. The first-order chi connectivity index (χ1) is 13.3. The molecule has 1 saturated heterocycles. The van der Waals surface area contributed by atoms with Crippen LogP contribution in [0.1, 0.15) is 36.9 Å². The summed E-state index contributed by atoms with van der Waals surface area (Å²) < 4.78 is 5.40. The number of carbonyl (C=O) groups excluding carboxylic acids is 1. The second-order valence-corrected chi connectivity index (χ2v) is 8.31. The molecule has 27 heavy (non-hydrogen) atoms. The van der Waals surface area contributed by atoms with Crippen LogP contribution in [-0.2, 0) is 22.5 Å². The molecule has 1 aliphatic carbocycles. The molecule has 1 aromatic heterocycles. The van der Waals surface area contributed by atoms with Crippen molar-refractivity contribution < 1.29 is 9.53 Å². The molecule has 0 bridgehead atoms. The van der Waals surface area contributed by atoms with E-state index >= 15 is 0 Å². The average Bonchev–Trinajstić information content (AvgIpc) is 3.35. The summed E-state index contributed by atoms with van der Waals surface area (Å²) in [5.41, 5.74) is 3.30. The zero-order chi connectivity index (χ0) is 18.5. The minimum absolute atomic E-state index is 0.0969. The predicted molar refractivity (Wildman–Crippen MR) is 108 cm³/mol. The number of aromatic nitrogens is 1. The lowest BCUT2D eigenvalue weighted by molar-refractivity contribution is -0.121. The van der Waals surface area contributed by atoms with Crippen molar-refractivity contribution in [3.05, 3.63) is 40.9 Å². The van der Waals surface area contributed by atoms with Gasteiger partial charge in [0.2, 0.25) is 5.91 Å². The second-order valence-electron chi connectivity index (χ2n) is 7.46. The van der Waals surface area contributed by atoms with Crippen molar-refractivity contribution in [3.63, 3.8) is 0 Å². The zero-order valence-electron chi connectivity index (χ0n) is 15.7. The molecule has 0 unspecified atom stereocenters. The average molecular weight is 386 g/mol. The third-order valence-corrected chi connectivity index (χ3v) is 6.26. The molecule has 2 aliphatic rings. The summed E-state index contributed by atoms with van der Waals surface area (Å²) in [6.45, 7) is 4.62. The van der Waals surface area contributed by atoms with E-state index in [0.29, 0.717) is 12.5 Å². The van der Waals surface area contributed by atoms with Crippen molar-refractivity contribution >= 4 is 17.2 Å². The third-order valence-electron chi connectivity index (χ3n) is 5.32. The molecule has 1 saturated carbocycles. The first kappa shape index (κ1) is 18.6. The van der Waals surface area contributed by atoms with Crippen molar-refractivity contribution in [2.45, 2.75) is 44.7 Å². The van der Waals surface area contributed by atoms with Crippen LogP contribution in [0.4, 0.5) is 0 Å². The molecular weight excluding hydrogens is 358 g/mol. The lowest BCUT2D eigenvalue weighted by Crippen LogP contribution is -2.35. The van der Waals surface area contributed by atoms with Crippen LogP contribution in [0.3, 0.4) is 0 Å². The fourth-order valence-electron chi connectivity index (χ4n) is 3.80. The van der Waals surface area contributed by atoms with Gasteiger partial charge in [-0.2, -0.15) is 0 Å². The van der Waals surface area contributed by atoms with Crippen molar-refractivity contribution in [1.82, 2.24) is 15.2 Å². The van der Waals surface area contributed by atoms with Crippen molar-refractivity contribution in [3.8, 4) is 10.6 Å². The van der Waals surface area contributed by atoms with Crippen LogP contribution in [0.15, 0.2) is 29.6 Å². The Morgan fingerprint density at radius 2 is 1.93 bits per heavy atom. The van der Waals surface area contributed by atoms with Crippen LogP contribution in [0.25, 0.3) is 10.6 Å². The molecule has 6 heteroatoms. The fourth-order valence-corrected chi connectivity index (χ4v) is 4.63. The standard InChI is InChI=1S/C21H27N3O2S/c25-20(22-18-3-1-2-4-18)13-19-15-27-21(23-19)17-7-5-16(6-8-17)14-24-9-11-26-12-10-24/h5-8,15,18H,1-4,9-14H2,(H,22,25). The van der Waals surface area contributed by atoms with E-state index in [4.69, 9.17) is 4.74 Å². The SMILES string of the molecule is O=C(Cc1csc(-c2ccc(CN3CCOCC3)cc2)n1)NC1CCCC1. The molecule has 2 aromatic rings. The molecule has 2 heterocycles. The Bertz CT molecular complexity index is 747. The summed E-state index contributed by atoms with van der Waals surface area (Å²) in [4.78, 5) is 19.3. The number of carbonyl (C=O) groups is 1.